The first-order valence-electron chi connectivity index (χ1n) is 8.16. The summed E-state index contributed by atoms with van der Waals surface area (Å²) in [6.07, 6.45) is 2.92. The lowest BCUT2D eigenvalue weighted by atomic mass is 10.0. The van der Waals surface area contributed by atoms with Crippen molar-refractivity contribution < 1.29 is 17.5 Å². The van der Waals surface area contributed by atoms with Gasteiger partial charge in [-0.05, 0) is 42.2 Å². The molecule has 0 aromatic heterocycles. The summed E-state index contributed by atoms with van der Waals surface area (Å²) in [6.45, 7) is 0.601. The summed E-state index contributed by atoms with van der Waals surface area (Å²) in [6, 6.07) is 14.5. The fourth-order valence-corrected chi connectivity index (χ4v) is 3.90. The van der Waals surface area contributed by atoms with Crippen molar-refractivity contribution in [3.05, 3.63) is 76.9 Å². The maximum Gasteiger partial charge on any atom is 0.234 e. The van der Waals surface area contributed by atoms with Gasteiger partial charge in [0.2, 0.25) is 10.0 Å². The summed E-state index contributed by atoms with van der Waals surface area (Å²) in [5.41, 5.74) is 1.48. The number of sulfonamides is 1. The lowest BCUT2D eigenvalue weighted by Crippen LogP contribution is -2.35. The van der Waals surface area contributed by atoms with Crippen molar-refractivity contribution in [3.8, 4) is 0 Å². The maximum atomic E-state index is 13.2. The van der Waals surface area contributed by atoms with Crippen LogP contribution in [0.3, 0.4) is 0 Å². The molecule has 0 aliphatic carbocycles. The largest absolute Gasteiger partial charge is 0.376 e. The molecule has 2 atom stereocenters. The summed E-state index contributed by atoms with van der Waals surface area (Å²) in [5.74, 6) is -0.360. The summed E-state index contributed by atoms with van der Waals surface area (Å²) in [4.78, 5) is 0. The van der Waals surface area contributed by atoms with Crippen molar-refractivity contribution in [1.29, 1.82) is 0 Å². The molecule has 6 heteroatoms. The SMILES string of the molecule is O=S(=O)(/C=C\c1ccccc1)N[C@H](c1ccc(F)cc1)[C@H]1CCCO1. The number of rotatable bonds is 6. The van der Waals surface area contributed by atoms with Crippen LogP contribution in [0.25, 0.3) is 6.08 Å². The molecule has 3 rings (SSSR count). The smallest absolute Gasteiger partial charge is 0.234 e. The zero-order valence-corrected chi connectivity index (χ0v) is 14.5. The lowest BCUT2D eigenvalue weighted by molar-refractivity contribution is 0.0853. The predicted octanol–water partition coefficient (Wildman–Crippen LogP) is 3.64. The van der Waals surface area contributed by atoms with Crippen LogP contribution in [-0.4, -0.2) is 21.1 Å². The molecule has 4 nitrogen and oxygen atoms in total. The fraction of sp³-hybridized carbons (Fsp3) is 0.263. The minimum Gasteiger partial charge on any atom is -0.376 e. The van der Waals surface area contributed by atoms with Crippen LogP contribution in [0.2, 0.25) is 0 Å². The molecule has 1 saturated heterocycles. The van der Waals surface area contributed by atoms with Gasteiger partial charge in [0.15, 0.2) is 0 Å². The Morgan fingerprint density at radius 1 is 1.12 bits per heavy atom. The van der Waals surface area contributed by atoms with E-state index in [0.29, 0.717) is 12.2 Å². The van der Waals surface area contributed by atoms with Gasteiger partial charge in [-0.3, -0.25) is 0 Å². The molecule has 1 aliphatic rings. The third-order valence-electron chi connectivity index (χ3n) is 4.10. The van der Waals surface area contributed by atoms with Crippen molar-refractivity contribution >= 4 is 16.1 Å². The molecule has 2 aromatic carbocycles. The van der Waals surface area contributed by atoms with Crippen LogP contribution in [0.15, 0.2) is 60.0 Å². The number of hydrogen-bond donors (Lipinski definition) is 1. The van der Waals surface area contributed by atoms with E-state index in [9.17, 15) is 12.8 Å². The highest BCUT2D eigenvalue weighted by Gasteiger charge is 2.30. The third kappa shape index (κ3) is 4.98. The highest BCUT2D eigenvalue weighted by Crippen LogP contribution is 2.28. The average molecular weight is 361 g/mol. The Balaban J connectivity index is 1.81. The first kappa shape index (κ1) is 17.8. The number of benzene rings is 2. The average Bonchev–Trinajstić information content (AvgIpc) is 3.14. The fourth-order valence-electron chi connectivity index (χ4n) is 2.84. The van der Waals surface area contributed by atoms with Crippen LogP contribution < -0.4 is 4.72 Å². The lowest BCUT2D eigenvalue weighted by Gasteiger charge is -2.23. The van der Waals surface area contributed by atoms with E-state index < -0.39 is 16.1 Å². The Kier molecular flexibility index (Phi) is 5.63. The standard InChI is InChI=1S/C19H20FNO3S/c20-17-10-8-16(9-11-17)19(18-7-4-13-24-18)21-25(22,23)14-12-15-5-2-1-3-6-15/h1-3,5-6,8-12,14,18-19,21H,4,7,13H2/b14-12-/t18-,19-/m1/s1. The molecule has 1 heterocycles. The minimum absolute atomic E-state index is 0.259. The molecule has 0 unspecified atom stereocenters. The molecule has 0 spiro atoms. The quantitative estimate of drug-likeness (QED) is 0.855. The first-order chi connectivity index (χ1) is 12.0. The van der Waals surface area contributed by atoms with E-state index in [1.807, 2.05) is 30.3 Å². The van der Waals surface area contributed by atoms with Gasteiger partial charge in [0.1, 0.15) is 5.82 Å². The molecule has 25 heavy (non-hydrogen) atoms. The molecule has 0 saturated carbocycles. The van der Waals surface area contributed by atoms with Crippen LogP contribution in [0, 0.1) is 5.82 Å². The van der Waals surface area contributed by atoms with Crippen molar-refractivity contribution in [2.45, 2.75) is 25.0 Å². The Morgan fingerprint density at radius 2 is 1.84 bits per heavy atom. The third-order valence-corrected chi connectivity index (χ3v) is 5.17. The van der Waals surface area contributed by atoms with E-state index in [4.69, 9.17) is 4.74 Å². The zero-order chi connectivity index (χ0) is 17.7. The molecule has 2 aromatic rings. The van der Waals surface area contributed by atoms with E-state index in [0.717, 1.165) is 23.8 Å². The Morgan fingerprint density at radius 3 is 2.48 bits per heavy atom. The second-order valence-corrected chi connectivity index (χ2v) is 7.55. The minimum atomic E-state index is -3.68. The second kappa shape index (κ2) is 7.91. The van der Waals surface area contributed by atoms with E-state index >= 15 is 0 Å². The maximum absolute atomic E-state index is 13.2. The van der Waals surface area contributed by atoms with Crippen molar-refractivity contribution in [2.75, 3.05) is 6.61 Å². The van der Waals surface area contributed by atoms with Gasteiger partial charge in [-0.2, -0.15) is 0 Å². The van der Waals surface area contributed by atoms with Crippen LogP contribution in [-0.2, 0) is 14.8 Å². The monoisotopic (exact) mass is 361 g/mol. The van der Waals surface area contributed by atoms with E-state index in [1.165, 1.54) is 12.1 Å². The highest BCUT2D eigenvalue weighted by atomic mass is 32.2. The van der Waals surface area contributed by atoms with E-state index in [2.05, 4.69) is 4.72 Å². The van der Waals surface area contributed by atoms with Gasteiger partial charge < -0.3 is 4.74 Å². The summed E-state index contributed by atoms with van der Waals surface area (Å²) >= 11 is 0. The molecule has 1 aliphatic heterocycles. The summed E-state index contributed by atoms with van der Waals surface area (Å²) in [7, 11) is -3.68. The Bertz CT molecular complexity index is 814. The normalized spacial score (nSPS) is 19.3. The number of hydrogen-bond acceptors (Lipinski definition) is 3. The Labute approximate surface area is 147 Å². The molecule has 0 bridgehead atoms. The highest BCUT2D eigenvalue weighted by molar-refractivity contribution is 7.92. The van der Waals surface area contributed by atoms with E-state index in [-0.39, 0.29) is 11.9 Å². The molecular formula is C19H20FNO3S. The van der Waals surface area contributed by atoms with Crippen molar-refractivity contribution in [1.82, 2.24) is 4.72 Å². The van der Waals surface area contributed by atoms with E-state index in [1.54, 1.807) is 18.2 Å². The van der Waals surface area contributed by atoms with Gasteiger partial charge in [0, 0.05) is 12.0 Å². The second-order valence-electron chi connectivity index (χ2n) is 5.96. The van der Waals surface area contributed by atoms with Crippen LogP contribution in [0.4, 0.5) is 4.39 Å². The molecule has 1 fully saturated rings. The molecular weight excluding hydrogens is 341 g/mol. The van der Waals surface area contributed by atoms with Crippen molar-refractivity contribution in [2.24, 2.45) is 0 Å². The molecule has 0 amide bonds. The van der Waals surface area contributed by atoms with Gasteiger partial charge >= 0.3 is 0 Å². The topological polar surface area (TPSA) is 55.4 Å². The van der Waals surface area contributed by atoms with Crippen LogP contribution in [0.5, 0.6) is 0 Å². The number of halogens is 1. The molecule has 1 N–H and O–H groups in total. The first-order valence-corrected chi connectivity index (χ1v) is 9.71. The van der Waals surface area contributed by atoms with Crippen LogP contribution in [0.1, 0.15) is 30.0 Å². The molecule has 0 radical (unpaired) electrons. The number of ether oxygens (including phenoxy) is 1. The Hall–Kier alpha value is -2.02. The predicted molar refractivity (Wildman–Crippen MR) is 95.6 cm³/mol. The number of nitrogens with one attached hydrogen (secondary N) is 1. The van der Waals surface area contributed by atoms with Crippen LogP contribution >= 0.6 is 0 Å². The summed E-state index contributed by atoms with van der Waals surface area (Å²) < 4.78 is 46.5. The molecule has 132 valence electrons. The van der Waals surface area contributed by atoms with Gasteiger partial charge in [0.05, 0.1) is 12.1 Å². The van der Waals surface area contributed by atoms with Gasteiger partial charge in [-0.25, -0.2) is 17.5 Å². The van der Waals surface area contributed by atoms with Crippen molar-refractivity contribution in [3.63, 3.8) is 0 Å². The van der Waals surface area contributed by atoms with Gasteiger partial charge in [-0.1, -0.05) is 42.5 Å². The zero-order valence-electron chi connectivity index (χ0n) is 13.6. The van der Waals surface area contributed by atoms with Gasteiger partial charge in [-0.15, -0.1) is 0 Å². The van der Waals surface area contributed by atoms with Gasteiger partial charge in [0.25, 0.3) is 0 Å². The summed E-state index contributed by atoms with van der Waals surface area (Å²) in [5, 5.41) is 1.15.